The fraction of sp³-hybridized carbons (Fsp3) is 0.308. The molecule has 0 aliphatic carbocycles. The van der Waals surface area contributed by atoms with E-state index in [9.17, 15) is 13.2 Å². The summed E-state index contributed by atoms with van der Waals surface area (Å²) in [7, 11) is -3.64. The Morgan fingerprint density at radius 3 is 2.35 bits per heavy atom. The fourth-order valence-corrected chi connectivity index (χ4v) is 6.71. The van der Waals surface area contributed by atoms with Crippen LogP contribution in [0.25, 0.3) is 21.0 Å². The number of carbonyl (C=O) groups is 1. The Kier molecular flexibility index (Phi) is 7.02. The molecule has 0 saturated heterocycles. The van der Waals surface area contributed by atoms with Crippen LogP contribution < -0.4 is 5.32 Å². The summed E-state index contributed by atoms with van der Waals surface area (Å²) in [5.74, 6) is 0.192. The topological polar surface area (TPSA) is 79.4 Å². The van der Waals surface area contributed by atoms with Crippen LogP contribution in [0.2, 0.25) is 0 Å². The maximum atomic E-state index is 13.4. The first-order valence-electron chi connectivity index (χ1n) is 11.3. The lowest BCUT2D eigenvalue weighted by atomic mass is 10.0. The minimum absolute atomic E-state index is 0.219. The molecule has 1 amide bonds. The van der Waals surface area contributed by atoms with Gasteiger partial charge in [-0.15, -0.1) is 0 Å². The number of sulfonamides is 1. The minimum Gasteiger partial charge on any atom is -0.298 e. The summed E-state index contributed by atoms with van der Waals surface area (Å²) < 4.78 is 29.0. The van der Waals surface area contributed by atoms with Gasteiger partial charge in [0.1, 0.15) is 0 Å². The number of hydrogen-bond acceptors (Lipinski definition) is 5. The molecule has 0 atom stereocenters. The largest absolute Gasteiger partial charge is 0.298 e. The summed E-state index contributed by atoms with van der Waals surface area (Å²) in [4.78, 5) is 17.7. The van der Waals surface area contributed by atoms with Gasteiger partial charge >= 0.3 is 0 Å². The van der Waals surface area contributed by atoms with E-state index in [4.69, 9.17) is 0 Å². The van der Waals surface area contributed by atoms with Crippen molar-refractivity contribution in [2.75, 3.05) is 18.4 Å². The predicted molar refractivity (Wildman–Crippen MR) is 140 cm³/mol. The number of carbonyl (C=O) groups excluding carboxylic acids is 1. The van der Waals surface area contributed by atoms with Gasteiger partial charge < -0.3 is 0 Å². The average Bonchev–Trinajstić information content (AvgIpc) is 3.19. The summed E-state index contributed by atoms with van der Waals surface area (Å²) in [6, 6.07) is 18.3. The van der Waals surface area contributed by atoms with E-state index in [1.54, 1.807) is 28.6 Å². The van der Waals surface area contributed by atoms with Gasteiger partial charge in [0.15, 0.2) is 5.13 Å². The van der Waals surface area contributed by atoms with Gasteiger partial charge in [-0.1, -0.05) is 75.4 Å². The molecular formula is C26H29N3O3S2. The zero-order valence-electron chi connectivity index (χ0n) is 19.8. The van der Waals surface area contributed by atoms with Crippen LogP contribution in [0.5, 0.6) is 0 Å². The first-order chi connectivity index (χ1) is 16.1. The molecular weight excluding hydrogens is 466 g/mol. The normalized spacial score (nSPS) is 12.3. The molecule has 0 saturated carbocycles. The first kappa shape index (κ1) is 24.3. The van der Waals surface area contributed by atoms with Crippen molar-refractivity contribution in [2.45, 2.75) is 32.6 Å². The number of fused-ring (bicyclic) bond motifs is 2. The SMILES string of the molecule is CC(C)CN(CC(C)C)S(=O)(=O)c1ccc2nc(NC(=O)c3cccc4ccccc34)sc2c1. The zero-order valence-corrected chi connectivity index (χ0v) is 21.4. The second kappa shape index (κ2) is 9.82. The monoisotopic (exact) mass is 495 g/mol. The molecule has 0 unspecified atom stereocenters. The zero-order chi connectivity index (χ0) is 24.5. The van der Waals surface area contributed by atoms with Crippen LogP contribution in [0.1, 0.15) is 38.1 Å². The van der Waals surface area contributed by atoms with E-state index in [0.29, 0.717) is 34.0 Å². The Balaban J connectivity index is 1.62. The maximum absolute atomic E-state index is 13.4. The van der Waals surface area contributed by atoms with Gasteiger partial charge in [0.2, 0.25) is 10.0 Å². The smallest absolute Gasteiger partial charge is 0.258 e. The standard InChI is InChI=1S/C26H29N3O3S2/c1-17(2)15-29(16-18(3)4)34(31,32)20-12-13-23-24(14-20)33-26(27-23)28-25(30)22-11-7-9-19-8-5-6-10-21(19)22/h5-14,17-18H,15-16H2,1-4H3,(H,27,28,30). The second-order valence-electron chi connectivity index (χ2n) is 9.24. The van der Waals surface area contributed by atoms with Gasteiger partial charge in [-0.05, 0) is 46.9 Å². The van der Waals surface area contributed by atoms with Gasteiger partial charge in [-0.3, -0.25) is 10.1 Å². The summed E-state index contributed by atoms with van der Waals surface area (Å²) in [6.45, 7) is 8.99. The average molecular weight is 496 g/mol. The third-order valence-corrected chi connectivity index (χ3v) is 8.15. The molecule has 1 aromatic heterocycles. The quantitative estimate of drug-likeness (QED) is 0.325. The van der Waals surface area contributed by atoms with Crippen LogP contribution >= 0.6 is 11.3 Å². The molecule has 0 bridgehead atoms. The summed E-state index contributed by atoms with van der Waals surface area (Å²) >= 11 is 1.27. The molecule has 34 heavy (non-hydrogen) atoms. The number of rotatable bonds is 8. The number of hydrogen-bond donors (Lipinski definition) is 1. The van der Waals surface area contributed by atoms with Crippen molar-refractivity contribution in [3.63, 3.8) is 0 Å². The Morgan fingerprint density at radius 2 is 1.65 bits per heavy atom. The molecule has 0 aliphatic rings. The lowest BCUT2D eigenvalue weighted by Crippen LogP contribution is -2.37. The molecule has 4 aromatic rings. The molecule has 0 spiro atoms. The van der Waals surface area contributed by atoms with E-state index in [-0.39, 0.29) is 22.6 Å². The summed E-state index contributed by atoms with van der Waals surface area (Å²) in [5.41, 5.74) is 1.22. The number of benzene rings is 3. The minimum atomic E-state index is -3.64. The van der Waals surface area contributed by atoms with Crippen LogP contribution in [-0.4, -0.2) is 36.7 Å². The number of nitrogens with zero attached hydrogens (tertiary/aromatic N) is 2. The molecule has 6 nitrogen and oxygen atoms in total. The second-order valence-corrected chi connectivity index (χ2v) is 12.2. The van der Waals surface area contributed by atoms with Crippen molar-refractivity contribution in [2.24, 2.45) is 11.8 Å². The van der Waals surface area contributed by atoms with Gasteiger partial charge in [0.05, 0.1) is 15.1 Å². The van der Waals surface area contributed by atoms with Crippen LogP contribution in [0.3, 0.4) is 0 Å². The Hall–Kier alpha value is -2.81. The van der Waals surface area contributed by atoms with Crippen molar-refractivity contribution >= 4 is 53.4 Å². The summed E-state index contributed by atoms with van der Waals surface area (Å²) in [5, 5.41) is 5.17. The molecule has 4 rings (SSSR count). The van der Waals surface area contributed by atoms with E-state index < -0.39 is 10.0 Å². The molecule has 1 heterocycles. The van der Waals surface area contributed by atoms with E-state index in [1.807, 2.05) is 64.1 Å². The number of anilines is 1. The van der Waals surface area contributed by atoms with Crippen LogP contribution in [-0.2, 0) is 10.0 Å². The van der Waals surface area contributed by atoms with Crippen LogP contribution in [0.4, 0.5) is 5.13 Å². The van der Waals surface area contributed by atoms with E-state index in [1.165, 1.54) is 11.3 Å². The highest BCUT2D eigenvalue weighted by atomic mass is 32.2. The summed E-state index contributed by atoms with van der Waals surface area (Å²) in [6.07, 6.45) is 0. The van der Waals surface area contributed by atoms with Gasteiger partial charge in [0.25, 0.3) is 5.91 Å². The van der Waals surface area contributed by atoms with Gasteiger partial charge in [0, 0.05) is 18.7 Å². The Bertz CT molecular complexity index is 1430. The molecule has 0 fully saturated rings. The first-order valence-corrected chi connectivity index (χ1v) is 13.6. The predicted octanol–water partition coefficient (Wildman–Crippen LogP) is 6.00. The molecule has 8 heteroatoms. The molecule has 3 aromatic carbocycles. The maximum Gasteiger partial charge on any atom is 0.258 e. The lowest BCUT2D eigenvalue weighted by Gasteiger charge is -2.25. The molecule has 0 radical (unpaired) electrons. The van der Waals surface area contributed by atoms with Crippen molar-refractivity contribution in [3.05, 3.63) is 66.2 Å². The van der Waals surface area contributed by atoms with E-state index in [0.717, 1.165) is 10.8 Å². The van der Waals surface area contributed by atoms with E-state index >= 15 is 0 Å². The van der Waals surface area contributed by atoms with Gasteiger partial charge in [-0.2, -0.15) is 4.31 Å². The van der Waals surface area contributed by atoms with E-state index in [2.05, 4.69) is 10.3 Å². The number of aromatic nitrogens is 1. The van der Waals surface area contributed by atoms with Crippen molar-refractivity contribution in [1.29, 1.82) is 0 Å². The number of thiazole rings is 1. The third kappa shape index (κ3) is 5.14. The van der Waals surface area contributed by atoms with Crippen molar-refractivity contribution in [1.82, 2.24) is 9.29 Å². The van der Waals surface area contributed by atoms with Crippen molar-refractivity contribution in [3.8, 4) is 0 Å². The van der Waals surface area contributed by atoms with Crippen LogP contribution in [0.15, 0.2) is 65.6 Å². The lowest BCUT2D eigenvalue weighted by molar-refractivity contribution is 0.102. The Labute approximate surface area is 204 Å². The fourth-order valence-electron chi connectivity index (χ4n) is 3.94. The van der Waals surface area contributed by atoms with Crippen LogP contribution in [0, 0.1) is 11.8 Å². The molecule has 178 valence electrons. The highest BCUT2D eigenvalue weighted by molar-refractivity contribution is 7.89. The number of nitrogens with one attached hydrogen (secondary N) is 1. The highest BCUT2D eigenvalue weighted by Gasteiger charge is 2.26. The highest BCUT2D eigenvalue weighted by Crippen LogP contribution is 2.30. The van der Waals surface area contributed by atoms with Crippen molar-refractivity contribution < 1.29 is 13.2 Å². The number of amides is 1. The van der Waals surface area contributed by atoms with Gasteiger partial charge in [-0.25, -0.2) is 13.4 Å². The molecule has 1 N–H and O–H groups in total. The Morgan fingerprint density at radius 1 is 0.971 bits per heavy atom. The molecule has 0 aliphatic heterocycles. The third-order valence-electron chi connectivity index (χ3n) is 5.39.